The van der Waals surface area contributed by atoms with Crippen molar-refractivity contribution in [3.63, 3.8) is 0 Å². The first kappa shape index (κ1) is 23.6. The lowest BCUT2D eigenvalue weighted by molar-refractivity contribution is 0.248. The fourth-order valence-corrected chi connectivity index (χ4v) is 5.17. The molecule has 6 rings (SSSR count). The number of nitrogen functional groups attached to an aromatic ring is 1. The van der Waals surface area contributed by atoms with E-state index < -0.39 is 0 Å². The summed E-state index contributed by atoms with van der Waals surface area (Å²) in [6.45, 7) is 8.46. The van der Waals surface area contributed by atoms with Crippen LogP contribution in [0.2, 0.25) is 5.02 Å². The fraction of sp³-hybridized carbons (Fsp3) is 0.320. The van der Waals surface area contributed by atoms with Crippen molar-refractivity contribution in [3.8, 4) is 11.5 Å². The Bertz CT molecular complexity index is 1610. The average molecular weight is 521 g/mol. The van der Waals surface area contributed by atoms with E-state index in [9.17, 15) is 4.39 Å². The molecule has 2 N–H and O–H groups in total. The quantitative estimate of drug-likeness (QED) is 0.376. The largest absolute Gasteiger partial charge is 0.368 e. The second-order valence-corrected chi connectivity index (χ2v) is 9.59. The number of pyridine rings is 2. The topological polar surface area (TPSA) is 106 Å². The lowest BCUT2D eigenvalue weighted by atomic mass is 10.2. The zero-order valence-corrected chi connectivity index (χ0v) is 21.3. The SMILES string of the molecule is Cc1cc(N2CCN(CCn3c(C)c(Cl)c4c3nc(N)n3nc(-c5ccccn5)nc43)CC2)c(F)cn1. The minimum absolute atomic E-state index is 0.232. The molecule has 0 saturated carbocycles. The highest BCUT2D eigenvalue weighted by molar-refractivity contribution is 6.37. The molecule has 0 aliphatic carbocycles. The first-order valence-corrected chi connectivity index (χ1v) is 12.5. The highest BCUT2D eigenvalue weighted by atomic mass is 35.5. The van der Waals surface area contributed by atoms with E-state index in [0.29, 0.717) is 40.1 Å². The van der Waals surface area contributed by atoms with Crippen LogP contribution in [0.1, 0.15) is 11.4 Å². The molecule has 6 heterocycles. The van der Waals surface area contributed by atoms with Gasteiger partial charge in [0.1, 0.15) is 11.3 Å². The van der Waals surface area contributed by atoms with Gasteiger partial charge in [-0.2, -0.15) is 9.50 Å². The molecule has 190 valence electrons. The number of nitrogens with zero attached hydrogens (tertiary/aromatic N) is 9. The van der Waals surface area contributed by atoms with E-state index >= 15 is 0 Å². The minimum Gasteiger partial charge on any atom is -0.368 e. The molecule has 1 saturated heterocycles. The van der Waals surface area contributed by atoms with Gasteiger partial charge in [-0.25, -0.2) is 9.37 Å². The van der Waals surface area contributed by atoms with Gasteiger partial charge in [-0.05, 0) is 32.0 Å². The van der Waals surface area contributed by atoms with E-state index in [1.807, 2.05) is 38.1 Å². The number of rotatable bonds is 5. The van der Waals surface area contributed by atoms with Gasteiger partial charge in [0.15, 0.2) is 11.5 Å². The normalized spacial score (nSPS) is 14.8. The molecule has 5 aromatic rings. The zero-order chi connectivity index (χ0) is 25.7. The van der Waals surface area contributed by atoms with Gasteiger partial charge in [0.05, 0.1) is 22.3 Å². The lowest BCUT2D eigenvalue weighted by Crippen LogP contribution is -2.47. The molecule has 37 heavy (non-hydrogen) atoms. The molecule has 0 radical (unpaired) electrons. The molecule has 5 aromatic heterocycles. The second kappa shape index (κ2) is 9.24. The van der Waals surface area contributed by atoms with Crippen LogP contribution in [0.5, 0.6) is 0 Å². The Labute approximate surface area is 217 Å². The van der Waals surface area contributed by atoms with Gasteiger partial charge >= 0.3 is 0 Å². The number of hydrogen-bond donors (Lipinski definition) is 1. The Morgan fingerprint density at radius 3 is 2.59 bits per heavy atom. The molecule has 1 aliphatic heterocycles. The number of hydrogen-bond acceptors (Lipinski definition) is 8. The highest BCUT2D eigenvalue weighted by Crippen LogP contribution is 2.33. The van der Waals surface area contributed by atoms with Crippen LogP contribution in [0.25, 0.3) is 28.2 Å². The summed E-state index contributed by atoms with van der Waals surface area (Å²) in [6.07, 6.45) is 2.99. The van der Waals surface area contributed by atoms with Gasteiger partial charge < -0.3 is 15.2 Å². The zero-order valence-electron chi connectivity index (χ0n) is 20.6. The van der Waals surface area contributed by atoms with Crippen LogP contribution >= 0.6 is 11.6 Å². The summed E-state index contributed by atoms with van der Waals surface area (Å²) >= 11 is 6.81. The summed E-state index contributed by atoms with van der Waals surface area (Å²) in [4.78, 5) is 22.2. The van der Waals surface area contributed by atoms with E-state index in [2.05, 4.69) is 34.4 Å². The van der Waals surface area contributed by atoms with E-state index in [4.69, 9.17) is 22.3 Å². The number of fused-ring (bicyclic) bond motifs is 3. The van der Waals surface area contributed by atoms with Gasteiger partial charge in [0, 0.05) is 56.9 Å². The maximum Gasteiger partial charge on any atom is 0.225 e. The molecule has 1 aliphatic rings. The molecule has 0 unspecified atom stereocenters. The van der Waals surface area contributed by atoms with Crippen molar-refractivity contribution in [2.75, 3.05) is 43.4 Å². The molecule has 0 aromatic carbocycles. The van der Waals surface area contributed by atoms with Gasteiger partial charge in [-0.15, -0.1) is 5.10 Å². The van der Waals surface area contributed by atoms with Crippen LogP contribution in [-0.2, 0) is 6.54 Å². The van der Waals surface area contributed by atoms with Crippen molar-refractivity contribution in [1.82, 2.24) is 39.0 Å². The Kier molecular flexibility index (Phi) is 5.88. The van der Waals surface area contributed by atoms with Crippen molar-refractivity contribution in [2.45, 2.75) is 20.4 Å². The van der Waals surface area contributed by atoms with Gasteiger partial charge in [-0.1, -0.05) is 17.7 Å². The molecule has 0 spiro atoms. The van der Waals surface area contributed by atoms with Crippen molar-refractivity contribution in [3.05, 3.63) is 58.9 Å². The minimum atomic E-state index is -0.280. The Balaban J connectivity index is 1.24. The monoisotopic (exact) mass is 520 g/mol. The predicted octanol–water partition coefficient (Wildman–Crippen LogP) is 3.35. The molecular formula is C25H26ClFN10. The molecule has 1 fully saturated rings. The van der Waals surface area contributed by atoms with Crippen molar-refractivity contribution < 1.29 is 4.39 Å². The summed E-state index contributed by atoms with van der Waals surface area (Å²) < 4.78 is 17.9. The predicted molar refractivity (Wildman–Crippen MR) is 141 cm³/mol. The molecule has 10 nitrogen and oxygen atoms in total. The van der Waals surface area contributed by atoms with Crippen LogP contribution in [-0.4, -0.2) is 71.7 Å². The molecule has 0 atom stereocenters. The number of halogens is 2. The number of aromatic nitrogens is 7. The molecular weight excluding hydrogens is 495 g/mol. The number of nitrogens with two attached hydrogens (primary N) is 1. The molecule has 0 amide bonds. The first-order valence-electron chi connectivity index (χ1n) is 12.1. The lowest BCUT2D eigenvalue weighted by Gasteiger charge is -2.36. The van der Waals surface area contributed by atoms with Gasteiger partial charge in [0.25, 0.3) is 0 Å². The number of anilines is 2. The molecule has 12 heteroatoms. The van der Waals surface area contributed by atoms with Crippen molar-refractivity contribution >= 4 is 39.9 Å². The van der Waals surface area contributed by atoms with E-state index in [-0.39, 0.29) is 11.8 Å². The summed E-state index contributed by atoms with van der Waals surface area (Å²) in [5.74, 6) is 0.412. The maximum absolute atomic E-state index is 14.3. The van der Waals surface area contributed by atoms with Crippen molar-refractivity contribution in [1.29, 1.82) is 0 Å². The third-order valence-corrected chi connectivity index (χ3v) is 7.37. The van der Waals surface area contributed by atoms with Crippen LogP contribution < -0.4 is 10.6 Å². The standard InChI is InChI=1S/C25H26ClFN10/c1-15-13-19(17(27)14-30-15)35-10-7-34(8-11-35)9-12-36-16(2)21(26)20-23(36)32-25(28)37-24(20)31-22(33-37)18-5-3-4-6-29-18/h3-6,13-14H,7-12H2,1-2H3,(H2,28,32). The van der Waals surface area contributed by atoms with Gasteiger partial charge in [0.2, 0.25) is 11.8 Å². The average Bonchev–Trinajstić information content (AvgIpc) is 3.45. The highest BCUT2D eigenvalue weighted by Gasteiger charge is 2.24. The maximum atomic E-state index is 14.3. The Morgan fingerprint density at radius 1 is 1.03 bits per heavy atom. The Morgan fingerprint density at radius 2 is 1.84 bits per heavy atom. The van der Waals surface area contributed by atoms with Crippen LogP contribution in [0.15, 0.2) is 36.7 Å². The van der Waals surface area contributed by atoms with E-state index in [0.717, 1.165) is 49.5 Å². The summed E-state index contributed by atoms with van der Waals surface area (Å²) in [5, 5.41) is 5.82. The first-order chi connectivity index (χ1) is 17.9. The number of aryl methyl sites for hydroxylation is 1. The smallest absolute Gasteiger partial charge is 0.225 e. The summed E-state index contributed by atoms with van der Waals surface area (Å²) in [5.41, 5.74) is 10.5. The molecule has 0 bridgehead atoms. The van der Waals surface area contributed by atoms with E-state index in [1.165, 1.54) is 10.7 Å². The Hall–Kier alpha value is -3.83. The van der Waals surface area contributed by atoms with Gasteiger partial charge in [-0.3, -0.25) is 14.9 Å². The third kappa shape index (κ3) is 4.13. The summed E-state index contributed by atoms with van der Waals surface area (Å²) in [7, 11) is 0. The van der Waals surface area contributed by atoms with Crippen LogP contribution in [0.3, 0.4) is 0 Å². The second-order valence-electron chi connectivity index (χ2n) is 9.21. The van der Waals surface area contributed by atoms with E-state index in [1.54, 1.807) is 6.20 Å². The van der Waals surface area contributed by atoms with Crippen LogP contribution in [0.4, 0.5) is 16.0 Å². The third-order valence-electron chi connectivity index (χ3n) is 6.91. The fourth-order valence-electron chi connectivity index (χ4n) is 4.90. The van der Waals surface area contributed by atoms with Crippen LogP contribution in [0, 0.1) is 19.7 Å². The summed E-state index contributed by atoms with van der Waals surface area (Å²) in [6, 6.07) is 7.37. The number of piperazine rings is 1. The van der Waals surface area contributed by atoms with Crippen molar-refractivity contribution in [2.24, 2.45) is 0 Å².